The summed E-state index contributed by atoms with van der Waals surface area (Å²) < 4.78 is 56.1. The van der Waals surface area contributed by atoms with Gasteiger partial charge in [0, 0.05) is 6.07 Å². The highest BCUT2D eigenvalue weighted by molar-refractivity contribution is 5.76. The van der Waals surface area contributed by atoms with Crippen LogP contribution in [0.2, 0.25) is 0 Å². The van der Waals surface area contributed by atoms with Crippen LogP contribution < -0.4 is 4.74 Å². The molecule has 0 amide bonds. The zero-order valence-corrected chi connectivity index (χ0v) is 8.60. The molecular formula is C11H8F4O2. The quantitative estimate of drug-likeness (QED) is 0.264. The Labute approximate surface area is 94.2 Å². The van der Waals surface area contributed by atoms with E-state index in [0.29, 0.717) is 12.8 Å². The van der Waals surface area contributed by atoms with Crippen molar-refractivity contribution in [3.63, 3.8) is 0 Å². The normalized spacial score (nSPS) is 15.5. The maximum absolute atomic E-state index is 13.1. The Balaban J connectivity index is 2.26. The number of esters is 1. The molecule has 0 spiro atoms. The standard InChI is InChI=1S/C11H8F4O2/c12-6-4-7(13)10(9(15)8(6)14)17-11(16)5-2-1-3-5/h4-5H,1-3H2. The van der Waals surface area contributed by atoms with Gasteiger partial charge in [-0.05, 0) is 12.8 Å². The Bertz CT molecular complexity index is 469. The Morgan fingerprint density at radius 1 is 1.12 bits per heavy atom. The molecule has 0 atom stereocenters. The molecule has 0 N–H and O–H groups in total. The highest BCUT2D eigenvalue weighted by Gasteiger charge is 2.30. The zero-order valence-electron chi connectivity index (χ0n) is 8.60. The van der Waals surface area contributed by atoms with Gasteiger partial charge >= 0.3 is 5.97 Å². The van der Waals surface area contributed by atoms with Gasteiger partial charge in [-0.25, -0.2) is 13.2 Å². The summed E-state index contributed by atoms with van der Waals surface area (Å²) in [4.78, 5) is 11.3. The van der Waals surface area contributed by atoms with Crippen LogP contribution in [0.15, 0.2) is 6.07 Å². The van der Waals surface area contributed by atoms with Crippen molar-refractivity contribution in [1.82, 2.24) is 0 Å². The summed E-state index contributed by atoms with van der Waals surface area (Å²) >= 11 is 0. The smallest absolute Gasteiger partial charge is 0.314 e. The number of benzene rings is 1. The fourth-order valence-corrected chi connectivity index (χ4v) is 1.47. The minimum Gasteiger partial charge on any atom is -0.420 e. The number of hydrogen-bond acceptors (Lipinski definition) is 2. The lowest BCUT2D eigenvalue weighted by Gasteiger charge is -2.23. The summed E-state index contributed by atoms with van der Waals surface area (Å²) in [6.45, 7) is 0. The third kappa shape index (κ3) is 2.11. The molecule has 1 aliphatic carbocycles. The van der Waals surface area contributed by atoms with Crippen LogP contribution in [0, 0.1) is 29.2 Å². The van der Waals surface area contributed by atoms with Gasteiger partial charge in [0.15, 0.2) is 17.5 Å². The summed E-state index contributed by atoms with van der Waals surface area (Å²) in [5, 5.41) is 0. The molecule has 1 fully saturated rings. The van der Waals surface area contributed by atoms with E-state index in [1.807, 2.05) is 0 Å². The molecule has 0 aromatic heterocycles. The molecule has 1 aromatic carbocycles. The lowest BCUT2D eigenvalue weighted by atomic mass is 9.86. The van der Waals surface area contributed by atoms with Crippen molar-refractivity contribution in [2.75, 3.05) is 0 Å². The summed E-state index contributed by atoms with van der Waals surface area (Å²) in [5.74, 6) is -9.20. The molecule has 1 saturated carbocycles. The van der Waals surface area contributed by atoms with Gasteiger partial charge < -0.3 is 4.74 Å². The van der Waals surface area contributed by atoms with Crippen LogP contribution in [0.1, 0.15) is 19.3 Å². The van der Waals surface area contributed by atoms with Gasteiger partial charge in [0.2, 0.25) is 11.6 Å². The van der Waals surface area contributed by atoms with E-state index in [1.165, 1.54) is 0 Å². The van der Waals surface area contributed by atoms with Gasteiger partial charge in [0.05, 0.1) is 5.92 Å². The SMILES string of the molecule is O=C(Oc1c(F)cc(F)c(F)c1F)C1CCC1. The van der Waals surface area contributed by atoms with E-state index in [9.17, 15) is 22.4 Å². The summed E-state index contributed by atoms with van der Waals surface area (Å²) in [6, 6.07) is 0.141. The van der Waals surface area contributed by atoms with Crippen molar-refractivity contribution in [3.05, 3.63) is 29.3 Å². The summed E-state index contributed by atoms with van der Waals surface area (Å²) in [7, 11) is 0. The van der Waals surface area contributed by atoms with Crippen molar-refractivity contribution in [3.8, 4) is 5.75 Å². The minimum absolute atomic E-state index is 0.141. The molecule has 0 aliphatic heterocycles. The first-order valence-corrected chi connectivity index (χ1v) is 5.05. The lowest BCUT2D eigenvalue weighted by molar-refractivity contribution is -0.142. The van der Waals surface area contributed by atoms with E-state index in [-0.39, 0.29) is 6.07 Å². The van der Waals surface area contributed by atoms with Gasteiger partial charge in [-0.15, -0.1) is 0 Å². The third-order valence-electron chi connectivity index (χ3n) is 2.71. The first-order valence-electron chi connectivity index (χ1n) is 5.05. The van der Waals surface area contributed by atoms with Crippen LogP contribution in [0.4, 0.5) is 17.6 Å². The highest BCUT2D eigenvalue weighted by atomic mass is 19.2. The monoisotopic (exact) mass is 248 g/mol. The van der Waals surface area contributed by atoms with Gasteiger partial charge in [-0.3, -0.25) is 4.79 Å². The predicted molar refractivity (Wildman–Crippen MR) is 49.3 cm³/mol. The molecule has 0 heterocycles. The Morgan fingerprint density at radius 2 is 1.76 bits per heavy atom. The van der Waals surface area contributed by atoms with Crippen LogP contribution in [0.5, 0.6) is 5.75 Å². The number of rotatable bonds is 2. The second-order valence-electron chi connectivity index (χ2n) is 3.85. The average Bonchev–Trinajstić information content (AvgIpc) is 2.19. The van der Waals surface area contributed by atoms with Gasteiger partial charge in [-0.1, -0.05) is 6.42 Å². The summed E-state index contributed by atoms with van der Waals surface area (Å²) in [6.07, 6.45) is 1.99. The minimum atomic E-state index is -1.86. The summed E-state index contributed by atoms with van der Waals surface area (Å²) in [5.41, 5.74) is 0. The Kier molecular flexibility index (Phi) is 3.04. The maximum atomic E-state index is 13.1. The highest BCUT2D eigenvalue weighted by Crippen LogP contribution is 2.31. The van der Waals surface area contributed by atoms with Crippen molar-refractivity contribution in [2.24, 2.45) is 5.92 Å². The van der Waals surface area contributed by atoms with E-state index < -0.39 is 40.9 Å². The first-order chi connectivity index (χ1) is 8.00. The predicted octanol–water partition coefficient (Wildman–Crippen LogP) is 2.95. The molecule has 92 valence electrons. The van der Waals surface area contributed by atoms with Crippen molar-refractivity contribution in [2.45, 2.75) is 19.3 Å². The van der Waals surface area contributed by atoms with Crippen LogP contribution in [0.25, 0.3) is 0 Å². The average molecular weight is 248 g/mol. The van der Waals surface area contributed by atoms with E-state index in [1.54, 1.807) is 0 Å². The van der Waals surface area contributed by atoms with E-state index in [2.05, 4.69) is 4.74 Å². The van der Waals surface area contributed by atoms with Gasteiger partial charge in [0.25, 0.3) is 0 Å². The first kappa shape index (κ1) is 11.9. The molecule has 0 radical (unpaired) electrons. The number of halogens is 4. The molecule has 0 unspecified atom stereocenters. The van der Waals surface area contributed by atoms with Crippen molar-refractivity contribution < 1.29 is 27.1 Å². The largest absolute Gasteiger partial charge is 0.420 e. The Hall–Kier alpha value is -1.59. The zero-order chi connectivity index (χ0) is 12.6. The molecule has 6 heteroatoms. The second-order valence-corrected chi connectivity index (χ2v) is 3.85. The van der Waals surface area contributed by atoms with Crippen LogP contribution in [-0.2, 0) is 4.79 Å². The molecule has 1 aliphatic rings. The number of ether oxygens (including phenoxy) is 1. The van der Waals surface area contributed by atoms with Gasteiger partial charge in [-0.2, -0.15) is 4.39 Å². The number of carbonyl (C=O) groups is 1. The molecule has 2 rings (SSSR count). The molecular weight excluding hydrogens is 240 g/mol. The van der Waals surface area contributed by atoms with Crippen molar-refractivity contribution >= 4 is 5.97 Å². The third-order valence-corrected chi connectivity index (χ3v) is 2.71. The van der Waals surface area contributed by atoms with E-state index in [0.717, 1.165) is 6.42 Å². The fourth-order valence-electron chi connectivity index (χ4n) is 1.47. The van der Waals surface area contributed by atoms with Crippen LogP contribution >= 0.6 is 0 Å². The molecule has 1 aromatic rings. The van der Waals surface area contributed by atoms with Crippen LogP contribution in [-0.4, -0.2) is 5.97 Å². The molecule has 0 saturated heterocycles. The molecule has 17 heavy (non-hydrogen) atoms. The molecule has 0 bridgehead atoms. The Morgan fingerprint density at radius 3 is 2.29 bits per heavy atom. The van der Waals surface area contributed by atoms with Gasteiger partial charge in [0.1, 0.15) is 0 Å². The van der Waals surface area contributed by atoms with Crippen LogP contribution in [0.3, 0.4) is 0 Å². The maximum Gasteiger partial charge on any atom is 0.314 e. The number of carbonyl (C=O) groups excluding carboxylic acids is 1. The second kappa shape index (κ2) is 4.35. The fraction of sp³-hybridized carbons (Fsp3) is 0.364. The lowest BCUT2D eigenvalue weighted by Crippen LogP contribution is -2.27. The van der Waals surface area contributed by atoms with E-state index >= 15 is 0 Å². The van der Waals surface area contributed by atoms with E-state index in [4.69, 9.17) is 0 Å². The molecule has 2 nitrogen and oxygen atoms in total. The van der Waals surface area contributed by atoms with Crippen molar-refractivity contribution in [1.29, 1.82) is 0 Å². The number of hydrogen-bond donors (Lipinski definition) is 0. The topological polar surface area (TPSA) is 26.3 Å².